The first-order valence-electron chi connectivity index (χ1n) is 5.16. The quantitative estimate of drug-likeness (QED) is 0.184. The summed E-state index contributed by atoms with van der Waals surface area (Å²) in [5.41, 5.74) is 2.54. The Balaban J connectivity index is 3.50. The molecule has 90 valence electrons. The van der Waals surface area contributed by atoms with Crippen molar-refractivity contribution in [2.24, 2.45) is 10.8 Å². The van der Waals surface area contributed by atoms with Crippen molar-refractivity contribution in [3.05, 3.63) is 0 Å². The van der Waals surface area contributed by atoms with Gasteiger partial charge in [-0.15, -0.1) is 0 Å². The molecule has 0 aliphatic carbocycles. The predicted molar refractivity (Wildman–Crippen MR) is 67.1 cm³/mol. The molecule has 0 unspecified atom stereocenters. The van der Waals surface area contributed by atoms with Crippen molar-refractivity contribution in [1.29, 1.82) is 0 Å². The minimum Gasteiger partial charge on any atom is -0.382 e. The van der Waals surface area contributed by atoms with E-state index >= 15 is 0 Å². The molecular formula is C9H22N4OS. The number of nitrogens with zero attached hydrogens (tertiary/aromatic N) is 1. The molecule has 0 radical (unpaired) electrons. The highest BCUT2D eigenvalue weighted by Crippen LogP contribution is 1.87. The average molecular weight is 234 g/mol. The summed E-state index contributed by atoms with van der Waals surface area (Å²) in [5.74, 6) is 7.01. The number of nitrogens with two attached hydrogens (primary N) is 1. The smallest absolute Gasteiger partial charge is 0.205 e. The monoisotopic (exact) mass is 234 g/mol. The van der Waals surface area contributed by atoms with E-state index in [4.69, 9.17) is 10.6 Å². The molecule has 0 aliphatic heterocycles. The first kappa shape index (κ1) is 14.5. The van der Waals surface area contributed by atoms with Gasteiger partial charge in [0.2, 0.25) is 5.96 Å². The van der Waals surface area contributed by atoms with E-state index in [2.05, 4.69) is 22.0 Å². The van der Waals surface area contributed by atoms with Gasteiger partial charge in [-0.2, -0.15) is 11.8 Å². The van der Waals surface area contributed by atoms with E-state index in [0.717, 1.165) is 38.5 Å². The van der Waals surface area contributed by atoms with Gasteiger partial charge in [-0.25, -0.2) is 5.84 Å². The molecule has 0 heterocycles. The second-order valence-electron chi connectivity index (χ2n) is 2.84. The fraction of sp³-hybridized carbons (Fsp3) is 0.889. The van der Waals surface area contributed by atoms with E-state index in [9.17, 15) is 0 Å². The third-order valence-electron chi connectivity index (χ3n) is 1.66. The lowest BCUT2D eigenvalue weighted by molar-refractivity contribution is 0.146. The molecule has 5 nitrogen and oxygen atoms in total. The fourth-order valence-corrected chi connectivity index (χ4v) is 1.23. The van der Waals surface area contributed by atoms with Crippen molar-refractivity contribution >= 4 is 17.7 Å². The van der Waals surface area contributed by atoms with Crippen molar-refractivity contribution in [2.45, 2.75) is 13.3 Å². The Labute approximate surface area is 96.2 Å². The molecule has 0 aromatic carbocycles. The van der Waals surface area contributed by atoms with E-state index in [0.29, 0.717) is 5.96 Å². The number of hydrogen-bond acceptors (Lipinski definition) is 4. The van der Waals surface area contributed by atoms with Gasteiger partial charge in [-0.1, -0.05) is 0 Å². The highest BCUT2D eigenvalue weighted by molar-refractivity contribution is 7.98. The van der Waals surface area contributed by atoms with Crippen LogP contribution in [0.1, 0.15) is 13.3 Å². The number of guanidine groups is 1. The maximum Gasteiger partial charge on any atom is 0.205 e. The van der Waals surface area contributed by atoms with Crippen LogP contribution in [0.3, 0.4) is 0 Å². The zero-order valence-electron chi connectivity index (χ0n) is 9.58. The van der Waals surface area contributed by atoms with E-state index in [-0.39, 0.29) is 0 Å². The third-order valence-corrected chi connectivity index (χ3v) is 2.27. The zero-order chi connectivity index (χ0) is 11.4. The Morgan fingerprint density at radius 3 is 2.93 bits per heavy atom. The zero-order valence-corrected chi connectivity index (χ0v) is 10.4. The van der Waals surface area contributed by atoms with Crippen LogP contribution in [0, 0.1) is 0 Å². The van der Waals surface area contributed by atoms with Crippen LogP contribution in [-0.2, 0) is 4.74 Å². The SMILES string of the molecule is CCOCCCN=C(NN)NCCSC. The van der Waals surface area contributed by atoms with Crippen LogP contribution < -0.4 is 16.6 Å². The van der Waals surface area contributed by atoms with Gasteiger partial charge in [0.15, 0.2) is 0 Å². The molecule has 0 atom stereocenters. The number of rotatable bonds is 8. The van der Waals surface area contributed by atoms with E-state index in [1.165, 1.54) is 0 Å². The molecule has 6 heteroatoms. The lowest BCUT2D eigenvalue weighted by Crippen LogP contribution is -2.42. The minimum absolute atomic E-state index is 0.653. The molecule has 0 bridgehead atoms. The van der Waals surface area contributed by atoms with Gasteiger partial charge >= 0.3 is 0 Å². The van der Waals surface area contributed by atoms with Gasteiger partial charge in [-0.05, 0) is 19.6 Å². The van der Waals surface area contributed by atoms with Crippen LogP contribution in [0.5, 0.6) is 0 Å². The van der Waals surface area contributed by atoms with Crippen LogP contribution in [0.4, 0.5) is 0 Å². The summed E-state index contributed by atoms with van der Waals surface area (Å²) in [5, 5.41) is 3.11. The molecule has 0 aromatic rings. The Hall–Kier alpha value is -0.460. The lowest BCUT2D eigenvalue weighted by atomic mass is 10.4. The van der Waals surface area contributed by atoms with Crippen LogP contribution >= 0.6 is 11.8 Å². The second-order valence-corrected chi connectivity index (χ2v) is 3.83. The van der Waals surface area contributed by atoms with Gasteiger partial charge in [-0.3, -0.25) is 10.4 Å². The molecular weight excluding hydrogens is 212 g/mol. The van der Waals surface area contributed by atoms with Gasteiger partial charge in [0.1, 0.15) is 0 Å². The summed E-state index contributed by atoms with van der Waals surface area (Å²) in [6.07, 6.45) is 2.99. The van der Waals surface area contributed by atoms with E-state index in [1.807, 2.05) is 6.92 Å². The largest absolute Gasteiger partial charge is 0.382 e. The normalized spacial score (nSPS) is 11.5. The number of hydrogen-bond donors (Lipinski definition) is 3. The number of ether oxygens (including phenoxy) is 1. The first-order chi connectivity index (χ1) is 7.35. The van der Waals surface area contributed by atoms with Gasteiger partial charge in [0.25, 0.3) is 0 Å². The molecule has 0 saturated heterocycles. The summed E-state index contributed by atoms with van der Waals surface area (Å²) < 4.78 is 5.20. The van der Waals surface area contributed by atoms with Crippen LogP contribution in [0.2, 0.25) is 0 Å². The molecule has 0 saturated carbocycles. The Kier molecular flexibility index (Phi) is 11.3. The molecule has 0 amide bonds. The maximum atomic E-state index is 5.31. The summed E-state index contributed by atoms with van der Waals surface area (Å²) in [7, 11) is 0. The first-order valence-corrected chi connectivity index (χ1v) is 6.56. The van der Waals surface area contributed by atoms with E-state index in [1.54, 1.807) is 11.8 Å². The second kappa shape index (κ2) is 11.6. The third kappa shape index (κ3) is 9.84. The highest BCUT2D eigenvalue weighted by Gasteiger charge is 1.93. The van der Waals surface area contributed by atoms with Gasteiger partial charge in [0, 0.05) is 32.1 Å². The fourth-order valence-electron chi connectivity index (χ4n) is 0.926. The standard InChI is InChI=1S/C9H22N4OS/c1-3-14-7-4-5-11-9(13-10)12-6-8-15-2/h3-8,10H2,1-2H3,(H2,11,12,13). The predicted octanol–water partition coefficient (Wildman–Crippen LogP) is 0.185. The molecule has 0 fully saturated rings. The number of thioether (sulfide) groups is 1. The number of nitrogens with one attached hydrogen (secondary N) is 2. The lowest BCUT2D eigenvalue weighted by Gasteiger charge is -2.08. The highest BCUT2D eigenvalue weighted by atomic mass is 32.2. The molecule has 0 spiro atoms. The number of hydrazine groups is 1. The van der Waals surface area contributed by atoms with Crippen LogP contribution in [-0.4, -0.2) is 44.3 Å². The average Bonchev–Trinajstić information content (AvgIpc) is 2.26. The molecule has 0 aliphatic rings. The minimum atomic E-state index is 0.653. The maximum absolute atomic E-state index is 5.31. The van der Waals surface area contributed by atoms with Crippen molar-refractivity contribution in [1.82, 2.24) is 10.7 Å². The molecule has 0 aromatic heterocycles. The van der Waals surface area contributed by atoms with Crippen molar-refractivity contribution in [3.63, 3.8) is 0 Å². The topological polar surface area (TPSA) is 71.7 Å². The Bertz CT molecular complexity index is 166. The van der Waals surface area contributed by atoms with Crippen molar-refractivity contribution < 1.29 is 4.74 Å². The molecule has 15 heavy (non-hydrogen) atoms. The molecule has 4 N–H and O–H groups in total. The molecule has 0 rings (SSSR count). The number of aliphatic imine (C=N–C) groups is 1. The summed E-state index contributed by atoms with van der Waals surface area (Å²) in [4.78, 5) is 4.27. The van der Waals surface area contributed by atoms with Gasteiger partial charge < -0.3 is 10.1 Å². The van der Waals surface area contributed by atoms with Crippen LogP contribution in [0.25, 0.3) is 0 Å². The van der Waals surface area contributed by atoms with Crippen LogP contribution in [0.15, 0.2) is 4.99 Å². The summed E-state index contributed by atoms with van der Waals surface area (Å²) in [6.45, 7) is 5.10. The summed E-state index contributed by atoms with van der Waals surface area (Å²) >= 11 is 1.78. The van der Waals surface area contributed by atoms with Crippen molar-refractivity contribution in [3.8, 4) is 0 Å². The van der Waals surface area contributed by atoms with Gasteiger partial charge in [0.05, 0.1) is 0 Å². The van der Waals surface area contributed by atoms with Crippen molar-refractivity contribution in [2.75, 3.05) is 38.3 Å². The Morgan fingerprint density at radius 2 is 2.33 bits per heavy atom. The Morgan fingerprint density at radius 1 is 1.53 bits per heavy atom. The summed E-state index contributed by atoms with van der Waals surface area (Å²) in [6, 6.07) is 0. The van der Waals surface area contributed by atoms with E-state index < -0.39 is 0 Å².